The number of carbonyl (C=O) groups is 1. The zero-order valence-electron chi connectivity index (χ0n) is 13.1. The Kier molecular flexibility index (Phi) is 4.18. The first-order chi connectivity index (χ1) is 11.7. The molecule has 0 saturated heterocycles. The van der Waals surface area contributed by atoms with Gasteiger partial charge in [-0.05, 0) is 18.2 Å². The third-order valence-corrected chi connectivity index (χ3v) is 5.85. The Labute approximate surface area is 145 Å². The van der Waals surface area contributed by atoms with E-state index in [-0.39, 0.29) is 21.7 Å². The molecule has 1 aliphatic carbocycles. The minimum absolute atomic E-state index is 0.0484. The fourth-order valence-corrected chi connectivity index (χ4v) is 4.38. The summed E-state index contributed by atoms with van der Waals surface area (Å²) in [5.74, 6) is -0.688. The molecule has 0 heterocycles. The molecule has 2 aromatic carbocycles. The van der Waals surface area contributed by atoms with Crippen molar-refractivity contribution in [2.75, 3.05) is 6.26 Å². The number of allylic oxidation sites excluding steroid dienone is 2. The van der Waals surface area contributed by atoms with Gasteiger partial charge in [-0.25, -0.2) is 16.8 Å². The van der Waals surface area contributed by atoms with Crippen molar-refractivity contribution in [1.29, 1.82) is 0 Å². The van der Waals surface area contributed by atoms with Crippen molar-refractivity contribution in [3.8, 4) is 0 Å². The zero-order valence-corrected chi connectivity index (χ0v) is 14.7. The van der Waals surface area contributed by atoms with Gasteiger partial charge < -0.3 is 0 Å². The third kappa shape index (κ3) is 3.31. The minimum Gasteiger partial charge on any atom is -0.288 e. The van der Waals surface area contributed by atoms with Crippen LogP contribution in [-0.4, -0.2) is 34.6 Å². The van der Waals surface area contributed by atoms with Crippen LogP contribution in [0.5, 0.6) is 0 Å². The molecule has 0 N–H and O–H groups in total. The SMILES string of the molecule is CS(=O)(=O)N=C1C=C(S(=O)(=O)c2ccccc2)C(=O)c2ccccc21. The lowest BCUT2D eigenvalue weighted by atomic mass is 9.94. The van der Waals surface area contributed by atoms with Gasteiger partial charge in [-0.15, -0.1) is 0 Å². The van der Waals surface area contributed by atoms with Gasteiger partial charge in [0.1, 0.15) is 4.91 Å². The Bertz CT molecular complexity index is 1130. The van der Waals surface area contributed by atoms with E-state index < -0.39 is 30.5 Å². The predicted molar refractivity (Wildman–Crippen MR) is 93.9 cm³/mol. The van der Waals surface area contributed by atoms with E-state index in [4.69, 9.17) is 0 Å². The lowest BCUT2D eigenvalue weighted by Crippen LogP contribution is -2.23. The van der Waals surface area contributed by atoms with E-state index in [9.17, 15) is 21.6 Å². The van der Waals surface area contributed by atoms with E-state index in [0.717, 1.165) is 12.3 Å². The summed E-state index contributed by atoms with van der Waals surface area (Å²) in [5, 5.41) is 0. The highest BCUT2D eigenvalue weighted by molar-refractivity contribution is 7.96. The van der Waals surface area contributed by atoms with Crippen LogP contribution in [0, 0.1) is 0 Å². The van der Waals surface area contributed by atoms with Crippen LogP contribution in [0.4, 0.5) is 0 Å². The molecule has 8 heteroatoms. The highest BCUT2D eigenvalue weighted by atomic mass is 32.2. The third-order valence-electron chi connectivity index (χ3n) is 3.55. The summed E-state index contributed by atoms with van der Waals surface area (Å²) in [6.07, 6.45) is 1.92. The molecule has 0 atom stereocenters. The number of ketones is 1. The molecule has 0 radical (unpaired) electrons. The molecule has 6 nitrogen and oxygen atoms in total. The van der Waals surface area contributed by atoms with Crippen molar-refractivity contribution < 1.29 is 21.6 Å². The summed E-state index contributed by atoms with van der Waals surface area (Å²) in [6, 6.07) is 13.7. The minimum atomic E-state index is -4.11. The maximum atomic E-state index is 12.8. The Balaban J connectivity index is 2.28. The van der Waals surface area contributed by atoms with Crippen molar-refractivity contribution in [2.45, 2.75) is 4.90 Å². The van der Waals surface area contributed by atoms with Crippen LogP contribution >= 0.6 is 0 Å². The molecule has 0 spiro atoms. The van der Waals surface area contributed by atoms with Crippen LogP contribution in [0.2, 0.25) is 0 Å². The fourth-order valence-electron chi connectivity index (χ4n) is 2.49. The molecule has 128 valence electrons. The van der Waals surface area contributed by atoms with Crippen molar-refractivity contribution in [3.63, 3.8) is 0 Å². The molecule has 1 aliphatic rings. The van der Waals surface area contributed by atoms with Crippen LogP contribution in [-0.2, 0) is 19.9 Å². The largest absolute Gasteiger partial charge is 0.288 e. The van der Waals surface area contributed by atoms with E-state index in [2.05, 4.69) is 4.40 Å². The van der Waals surface area contributed by atoms with Gasteiger partial charge in [0.05, 0.1) is 16.9 Å². The van der Waals surface area contributed by atoms with Crippen molar-refractivity contribution in [2.24, 2.45) is 4.40 Å². The van der Waals surface area contributed by atoms with Gasteiger partial charge in [0.2, 0.25) is 15.6 Å². The number of Topliss-reactive ketones (excluding diaryl/α,β-unsaturated/α-hetero) is 1. The molecule has 2 aromatic rings. The van der Waals surface area contributed by atoms with E-state index in [1.165, 1.54) is 24.3 Å². The second-order valence-corrected chi connectivity index (χ2v) is 8.98. The van der Waals surface area contributed by atoms with Crippen LogP contribution < -0.4 is 0 Å². The lowest BCUT2D eigenvalue weighted by molar-refractivity contribution is 0.104. The van der Waals surface area contributed by atoms with Gasteiger partial charge in [-0.3, -0.25) is 4.79 Å². The topological polar surface area (TPSA) is 97.7 Å². The number of benzene rings is 2. The molecule has 0 fully saturated rings. The Morgan fingerprint density at radius 2 is 1.36 bits per heavy atom. The number of hydrogen-bond donors (Lipinski definition) is 0. The molecule has 25 heavy (non-hydrogen) atoms. The monoisotopic (exact) mass is 375 g/mol. The molecule has 0 aromatic heterocycles. The second-order valence-electron chi connectivity index (χ2n) is 5.41. The number of hydrogen-bond acceptors (Lipinski definition) is 5. The smallest absolute Gasteiger partial charge is 0.250 e. The fraction of sp³-hybridized carbons (Fsp3) is 0.0588. The number of sulfonamides is 1. The van der Waals surface area contributed by atoms with Crippen LogP contribution in [0.15, 0.2) is 74.9 Å². The van der Waals surface area contributed by atoms with E-state index in [1.807, 2.05) is 0 Å². The van der Waals surface area contributed by atoms with Gasteiger partial charge >= 0.3 is 0 Å². The number of rotatable bonds is 3. The number of fused-ring (bicyclic) bond motifs is 1. The molecule has 0 unspecified atom stereocenters. The number of sulfone groups is 1. The normalized spacial score (nSPS) is 16.4. The average Bonchev–Trinajstić information content (AvgIpc) is 2.57. The molecule has 0 amide bonds. The summed E-state index contributed by atoms with van der Waals surface area (Å²) < 4.78 is 52.4. The molecule has 3 rings (SSSR count). The van der Waals surface area contributed by atoms with Gasteiger partial charge in [0.15, 0.2) is 0 Å². The first kappa shape index (κ1) is 17.2. The van der Waals surface area contributed by atoms with Gasteiger partial charge in [0, 0.05) is 11.1 Å². The molecule has 0 bridgehead atoms. The van der Waals surface area contributed by atoms with Crippen LogP contribution in [0.25, 0.3) is 0 Å². The van der Waals surface area contributed by atoms with Gasteiger partial charge in [-0.1, -0.05) is 42.5 Å². The molecule has 0 aliphatic heterocycles. The van der Waals surface area contributed by atoms with E-state index >= 15 is 0 Å². The quantitative estimate of drug-likeness (QED) is 0.817. The number of carbonyl (C=O) groups excluding carboxylic acids is 1. The lowest BCUT2D eigenvalue weighted by Gasteiger charge is -2.17. The van der Waals surface area contributed by atoms with Crippen LogP contribution in [0.3, 0.4) is 0 Å². The average molecular weight is 375 g/mol. The van der Waals surface area contributed by atoms with E-state index in [0.29, 0.717) is 0 Å². The Morgan fingerprint density at radius 1 is 0.800 bits per heavy atom. The molecule has 0 saturated carbocycles. The number of nitrogens with zero attached hydrogens (tertiary/aromatic N) is 1. The van der Waals surface area contributed by atoms with Gasteiger partial charge in [0.25, 0.3) is 10.0 Å². The highest BCUT2D eigenvalue weighted by Crippen LogP contribution is 2.29. The zero-order chi connectivity index (χ0) is 18.2. The standard InChI is InChI=1S/C17H13NO5S2/c1-24(20,21)18-15-11-16(17(19)14-10-6-5-9-13(14)15)25(22,23)12-7-3-2-4-8-12/h2-11H,1H3. The Hall–Kier alpha value is -2.58. The maximum absolute atomic E-state index is 12.8. The summed E-state index contributed by atoms with van der Waals surface area (Å²) in [6.45, 7) is 0. The first-order valence-electron chi connectivity index (χ1n) is 7.16. The van der Waals surface area contributed by atoms with Gasteiger partial charge in [-0.2, -0.15) is 4.40 Å². The van der Waals surface area contributed by atoms with Crippen molar-refractivity contribution >= 4 is 31.4 Å². The summed E-state index contributed by atoms with van der Waals surface area (Å²) in [5.41, 5.74) is 0.305. The second kappa shape index (κ2) is 6.05. The van der Waals surface area contributed by atoms with Crippen molar-refractivity contribution in [1.82, 2.24) is 0 Å². The highest BCUT2D eigenvalue weighted by Gasteiger charge is 2.33. The van der Waals surface area contributed by atoms with E-state index in [1.54, 1.807) is 30.3 Å². The summed E-state index contributed by atoms with van der Waals surface area (Å²) in [4.78, 5) is 12.1. The predicted octanol–water partition coefficient (Wildman–Crippen LogP) is 1.99. The molecular formula is C17H13NO5S2. The Morgan fingerprint density at radius 3 is 1.96 bits per heavy atom. The molecular weight excluding hydrogens is 362 g/mol. The maximum Gasteiger partial charge on any atom is 0.250 e. The van der Waals surface area contributed by atoms with Crippen LogP contribution in [0.1, 0.15) is 15.9 Å². The summed E-state index contributed by atoms with van der Waals surface area (Å²) in [7, 11) is -7.89. The first-order valence-corrected chi connectivity index (χ1v) is 10.5. The van der Waals surface area contributed by atoms with Crippen molar-refractivity contribution in [3.05, 3.63) is 76.7 Å². The summed E-state index contributed by atoms with van der Waals surface area (Å²) >= 11 is 0.